The molecule has 0 spiro atoms. The van der Waals surface area contributed by atoms with Crippen LogP contribution in [0.25, 0.3) is 10.9 Å². The minimum atomic E-state index is -4.37. The topological polar surface area (TPSA) is 22.1 Å². The zero-order chi connectivity index (χ0) is 16.3. The maximum Gasteiger partial charge on any atom is 0.416 e. The van der Waals surface area contributed by atoms with Gasteiger partial charge in [-0.3, -0.25) is 4.98 Å². The standard InChI is InChI=1S/C18H14F3NO/c19-18(20,21)14-6-7-15-16(12-14)22-10-8-17(15)23-11-9-13-4-2-1-3-5-13/h1-8,10,12H,9,11H2. The fourth-order valence-electron chi connectivity index (χ4n) is 2.35. The van der Waals surface area contributed by atoms with Crippen LogP contribution in [0.5, 0.6) is 5.75 Å². The van der Waals surface area contributed by atoms with Gasteiger partial charge in [-0.15, -0.1) is 0 Å². The predicted octanol–water partition coefficient (Wildman–Crippen LogP) is 4.88. The Balaban J connectivity index is 1.78. The van der Waals surface area contributed by atoms with Gasteiger partial charge in [-0.05, 0) is 29.8 Å². The van der Waals surface area contributed by atoms with Gasteiger partial charge >= 0.3 is 6.18 Å². The van der Waals surface area contributed by atoms with Gasteiger partial charge in [0.15, 0.2) is 0 Å². The van der Waals surface area contributed by atoms with Crippen LogP contribution in [0.15, 0.2) is 60.8 Å². The number of pyridine rings is 1. The SMILES string of the molecule is FC(F)(F)c1ccc2c(OCCc3ccccc3)ccnc2c1. The van der Waals surface area contributed by atoms with Crippen LogP contribution < -0.4 is 4.74 Å². The van der Waals surface area contributed by atoms with Gasteiger partial charge in [0.1, 0.15) is 5.75 Å². The maximum atomic E-state index is 12.7. The fourth-order valence-corrected chi connectivity index (χ4v) is 2.35. The fraction of sp³-hybridized carbons (Fsp3) is 0.167. The summed E-state index contributed by atoms with van der Waals surface area (Å²) in [6.07, 6.45) is -2.19. The van der Waals surface area contributed by atoms with Crippen molar-refractivity contribution in [3.63, 3.8) is 0 Å². The monoisotopic (exact) mass is 317 g/mol. The molecule has 1 heterocycles. The van der Waals surface area contributed by atoms with E-state index < -0.39 is 11.7 Å². The summed E-state index contributed by atoms with van der Waals surface area (Å²) < 4.78 is 44.0. The van der Waals surface area contributed by atoms with Crippen LogP contribution in [-0.4, -0.2) is 11.6 Å². The molecular weight excluding hydrogens is 303 g/mol. The van der Waals surface area contributed by atoms with Gasteiger partial charge < -0.3 is 4.74 Å². The summed E-state index contributed by atoms with van der Waals surface area (Å²) in [4.78, 5) is 4.00. The molecule has 0 N–H and O–H groups in total. The van der Waals surface area contributed by atoms with Crippen LogP contribution >= 0.6 is 0 Å². The van der Waals surface area contributed by atoms with Crippen molar-refractivity contribution in [2.75, 3.05) is 6.61 Å². The molecule has 118 valence electrons. The van der Waals surface area contributed by atoms with Gasteiger partial charge in [0, 0.05) is 18.0 Å². The Labute approximate surface area is 131 Å². The zero-order valence-electron chi connectivity index (χ0n) is 12.2. The highest BCUT2D eigenvalue weighted by molar-refractivity contribution is 5.85. The Morgan fingerprint density at radius 2 is 1.74 bits per heavy atom. The van der Waals surface area contributed by atoms with Crippen LogP contribution in [0, 0.1) is 0 Å². The second-order valence-corrected chi connectivity index (χ2v) is 5.12. The average Bonchev–Trinajstić information content (AvgIpc) is 2.55. The second kappa shape index (κ2) is 6.28. The molecule has 0 unspecified atom stereocenters. The molecule has 2 nitrogen and oxygen atoms in total. The van der Waals surface area contributed by atoms with Gasteiger partial charge in [0.05, 0.1) is 17.7 Å². The average molecular weight is 317 g/mol. The van der Waals surface area contributed by atoms with E-state index in [1.54, 1.807) is 6.07 Å². The number of hydrogen-bond donors (Lipinski definition) is 0. The number of aromatic nitrogens is 1. The lowest BCUT2D eigenvalue weighted by Gasteiger charge is -2.11. The first-order valence-electron chi connectivity index (χ1n) is 7.17. The Morgan fingerprint density at radius 3 is 2.48 bits per heavy atom. The van der Waals surface area contributed by atoms with Crippen LogP contribution in [0.1, 0.15) is 11.1 Å². The van der Waals surface area contributed by atoms with E-state index in [0.29, 0.717) is 17.7 Å². The van der Waals surface area contributed by atoms with Gasteiger partial charge in [-0.2, -0.15) is 13.2 Å². The Hall–Kier alpha value is -2.56. The minimum Gasteiger partial charge on any atom is -0.492 e. The highest BCUT2D eigenvalue weighted by Crippen LogP contribution is 2.33. The minimum absolute atomic E-state index is 0.275. The van der Waals surface area contributed by atoms with E-state index >= 15 is 0 Å². The van der Waals surface area contributed by atoms with Gasteiger partial charge in [-0.25, -0.2) is 0 Å². The molecule has 3 rings (SSSR count). The number of fused-ring (bicyclic) bond motifs is 1. The van der Waals surface area contributed by atoms with Crippen molar-refractivity contribution in [1.29, 1.82) is 0 Å². The third kappa shape index (κ3) is 3.62. The van der Waals surface area contributed by atoms with E-state index in [2.05, 4.69) is 4.98 Å². The van der Waals surface area contributed by atoms with E-state index in [-0.39, 0.29) is 5.52 Å². The molecule has 2 aromatic carbocycles. The molecule has 0 bridgehead atoms. The number of nitrogens with zero attached hydrogens (tertiary/aromatic N) is 1. The largest absolute Gasteiger partial charge is 0.492 e. The third-order valence-corrected chi connectivity index (χ3v) is 3.52. The predicted molar refractivity (Wildman–Crippen MR) is 82.4 cm³/mol. The smallest absolute Gasteiger partial charge is 0.416 e. The van der Waals surface area contributed by atoms with Crippen LogP contribution in [0.3, 0.4) is 0 Å². The van der Waals surface area contributed by atoms with Crippen molar-refractivity contribution in [3.05, 3.63) is 71.9 Å². The Morgan fingerprint density at radius 1 is 0.957 bits per heavy atom. The highest BCUT2D eigenvalue weighted by Gasteiger charge is 2.30. The molecule has 0 aliphatic rings. The van der Waals surface area contributed by atoms with Crippen LogP contribution in [0.2, 0.25) is 0 Å². The summed E-state index contributed by atoms with van der Waals surface area (Å²) in [5.74, 6) is 0.541. The number of hydrogen-bond acceptors (Lipinski definition) is 2. The van der Waals surface area contributed by atoms with Gasteiger partial charge in [0.2, 0.25) is 0 Å². The molecular formula is C18H14F3NO. The third-order valence-electron chi connectivity index (χ3n) is 3.52. The number of rotatable bonds is 4. The van der Waals surface area contributed by atoms with Crippen molar-refractivity contribution in [1.82, 2.24) is 4.98 Å². The van der Waals surface area contributed by atoms with E-state index in [1.807, 2.05) is 30.3 Å². The summed E-state index contributed by atoms with van der Waals surface area (Å²) in [5, 5.41) is 0.577. The summed E-state index contributed by atoms with van der Waals surface area (Å²) in [7, 11) is 0. The highest BCUT2D eigenvalue weighted by atomic mass is 19.4. The molecule has 23 heavy (non-hydrogen) atoms. The number of halogens is 3. The quantitative estimate of drug-likeness (QED) is 0.684. The maximum absolute atomic E-state index is 12.7. The van der Waals surface area contributed by atoms with Crippen molar-refractivity contribution in [2.24, 2.45) is 0 Å². The second-order valence-electron chi connectivity index (χ2n) is 5.12. The number of benzene rings is 2. The molecule has 0 saturated carbocycles. The molecule has 0 amide bonds. The molecule has 0 saturated heterocycles. The van der Waals surface area contributed by atoms with Crippen molar-refractivity contribution >= 4 is 10.9 Å². The molecule has 0 aliphatic carbocycles. The molecule has 0 fully saturated rings. The Kier molecular flexibility index (Phi) is 4.19. The molecule has 3 aromatic rings. The normalized spacial score (nSPS) is 11.6. The first kappa shape index (κ1) is 15.3. The molecule has 0 radical (unpaired) electrons. The van der Waals surface area contributed by atoms with Crippen molar-refractivity contribution < 1.29 is 17.9 Å². The van der Waals surface area contributed by atoms with E-state index in [4.69, 9.17) is 4.74 Å². The van der Waals surface area contributed by atoms with E-state index in [1.165, 1.54) is 12.3 Å². The summed E-state index contributed by atoms with van der Waals surface area (Å²) in [5.41, 5.74) is 0.709. The lowest BCUT2D eigenvalue weighted by molar-refractivity contribution is -0.137. The Bertz CT molecular complexity index is 800. The molecule has 0 aliphatic heterocycles. The lowest BCUT2D eigenvalue weighted by atomic mass is 10.1. The zero-order valence-corrected chi connectivity index (χ0v) is 12.2. The van der Waals surface area contributed by atoms with Crippen molar-refractivity contribution in [3.8, 4) is 5.75 Å². The number of alkyl halides is 3. The van der Waals surface area contributed by atoms with Crippen molar-refractivity contribution in [2.45, 2.75) is 12.6 Å². The first-order valence-corrected chi connectivity index (χ1v) is 7.17. The summed E-state index contributed by atoms with van der Waals surface area (Å²) >= 11 is 0. The van der Waals surface area contributed by atoms with Crippen LogP contribution in [0.4, 0.5) is 13.2 Å². The molecule has 0 atom stereocenters. The number of ether oxygens (including phenoxy) is 1. The first-order chi connectivity index (χ1) is 11.0. The van der Waals surface area contributed by atoms with Gasteiger partial charge in [-0.1, -0.05) is 30.3 Å². The lowest BCUT2D eigenvalue weighted by Crippen LogP contribution is -2.05. The molecule has 1 aromatic heterocycles. The molecule has 5 heteroatoms. The van der Waals surface area contributed by atoms with Gasteiger partial charge in [0.25, 0.3) is 0 Å². The summed E-state index contributed by atoms with van der Waals surface area (Å²) in [6.45, 7) is 0.449. The van der Waals surface area contributed by atoms with E-state index in [0.717, 1.165) is 24.1 Å². The van der Waals surface area contributed by atoms with E-state index in [9.17, 15) is 13.2 Å². The summed E-state index contributed by atoms with van der Waals surface area (Å²) in [6, 6.07) is 15.0. The van der Waals surface area contributed by atoms with Crippen LogP contribution in [-0.2, 0) is 12.6 Å².